The zero-order valence-corrected chi connectivity index (χ0v) is 10.3. The Morgan fingerprint density at radius 1 is 1.41 bits per heavy atom. The van der Waals surface area contributed by atoms with Crippen LogP contribution in [0.5, 0.6) is 0 Å². The Balaban J connectivity index is 3.14. The Hall–Kier alpha value is -1.62. The van der Waals surface area contributed by atoms with Crippen molar-refractivity contribution in [2.45, 2.75) is 26.2 Å². The summed E-state index contributed by atoms with van der Waals surface area (Å²) in [6, 6.07) is 3.04. The standard InChI is InChI=1S/C12H18N2O3/c1-12(2,3)9-6-8(11(16)17)7-10(14-9)13-4-5-15/h6-7,15H,4-5H2,1-3H3,(H,13,14)(H,16,17). The van der Waals surface area contributed by atoms with Gasteiger partial charge in [0.05, 0.1) is 12.2 Å². The van der Waals surface area contributed by atoms with E-state index < -0.39 is 5.97 Å². The van der Waals surface area contributed by atoms with Gasteiger partial charge in [0.25, 0.3) is 0 Å². The van der Waals surface area contributed by atoms with E-state index in [9.17, 15) is 4.79 Å². The molecule has 3 N–H and O–H groups in total. The van der Waals surface area contributed by atoms with Crippen LogP contribution in [-0.4, -0.2) is 34.3 Å². The minimum Gasteiger partial charge on any atom is -0.478 e. The van der Waals surface area contributed by atoms with Gasteiger partial charge in [0, 0.05) is 17.7 Å². The summed E-state index contributed by atoms with van der Waals surface area (Å²) >= 11 is 0. The average molecular weight is 238 g/mol. The van der Waals surface area contributed by atoms with Crippen molar-refractivity contribution in [2.24, 2.45) is 0 Å². The summed E-state index contributed by atoms with van der Waals surface area (Å²) in [4.78, 5) is 15.3. The molecule has 17 heavy (non-hydrogen) atoms. The average Bonchev–Trinajstić information content (AvgIpc) is 2.24. The van der Waals surface area contributed by atoms with Crippen molar-refractivity contribution in [3.63, 3.8) is 0 Å². The van der Waals surface area contributed by atoms with Crippen LogP contribution in [0.2, 0.25) is 0 Å². The number of aliphatic hydroxyl groups is 1. The van der Waals surface area contributed by atoms with Crippen LogP contribution >= 0.6 is 0 Å². The van der Waals surface area contributed by atoms with E-state index in [0.29, 0.717) is 18.1 Å². The number of aromatic carboxylic acids is 1. The Morgan fingerprint density at radius 2 is 2.06 bits per heavy atom. The topological polar surface area (TPSA) is 82.5 Å². The number of nitrogens with one attached hydrogen (secondary N) is 1. The lowest BCUT2D eigenvalue weighted by molar-refractivity contribution is 0.0696. The first kappa shape index (κ1) is 13.4. The molecule has 0 amide bonds. The number of rotatable bonds is 4. The number of nitrogens with zero attached hydrogens (tertiary/aromatic N) is 1. The highest BCUT2D eigenvalue weighted by Crippen LogP contribution is 2.23. The summed E-state index contributed by atoms with van der Waals surface area (Å²) in [5, 5.41) is 20.6. The highest BCUT2D eigenvalue weighted by Gasteiger charge is 2.18. The maximum Gasteiger partial charge on any atom is 0.335 e. The summed E-state index contributed by atoms with van der Waals surface area (Å²) in [5.74, 6) is -0.506. The van der Waals surface area contributed by atoms with Gasteiger partial charge in [-0.15, -0.1) is 0 Å². The molecule has 0 spiro atoms. The van der Waals surface area contributed by atoms with Gasteiger partial charge >= 0.3 is 5.97 Å². The molecule has 0 saturated heterocycles. The Labute approximate surface area is 101 Å². The first-order valence-electron chi connectivity index (χ1n) is 5.45. The zero-order valence-electron chi connectivity index (χ0n) is 10.3. The number of carboxylic acids is 1. The molecule has 0 saturated carbocycles. The number of aromatic nitrogens is 1. The molecule has 0 fully saturated rings. The highest BCUT2D eigenvalue weighted by molar-refractivity contribution is 5.88. The van der Waals surface area contributed by atoms with Gasteiger partial charge in [-0.2, -0.15) is 0 Å². The number of hydrogen-bond donors (Lipinski definition) is 3. The van der Waals surface area contributed by atoms with E-state index in [2.05, 4.69) is 10.3 Å². The van der Waals surface area contributed by atoms with Gasteiger partial charge < -0.3 is 15.5 Å². The molecule has 0 unspecified atom stereocenters. The van der Waals surface area contributed by atoms with Gasteiger partial charge in [0.1, 0.15) is 5.82 Å². The van der Waals surface area contributed by atoms with E-state index in [-0.39, 0.29) is 17.6 Å². The second-order valence-corrected chi connectivity index (χ2v) is 4.83. The molecule has 1 heterocycles. The number of hydrogen-bond acceptors (Lipinski definition) is 4. The van der Waals surface area contributed by atoms with Crippen molar-refractivity contribution >= 4 is 11.8 Å². The first-order chi connectivity index (χ1) is 7.84. The quantitative estimate of drug-likeness (QED) is 0.740. The first-order valence-corrected chi connectivity index (χ1v) is 5.45. The number of pyridine rings is 1. The molecule has 5 nitrogen and oxygen atoms in total. The molecule has 1 aromatic heterocycles. The van der Waals surface area contributed by atoms with Gasteiger partial charge in [-0.3, -0.25) is 0 Å². The van der Waals surface area contributed by atoms with Crippen LogP contribution in [0.25, 0.3) is 0 Å². The summed E-state index contributed by atoms with van der Waals surface area (Å²) in [5.41, 5.74) is 0.685. The number of carbonyl (C=O) groups is 1. The molecule has 0 aliphatic carbocycles. The molecule has 0 aliphatic heterocycles. The van der Waals surface area contributed by atoms with Crippen LogP contribution in [0.4, 0.5) is 5.82 Å². The second-order valence-electron chi connectivity index (χ2n) is 4.83. The lowest BCUT2D eigenvalue weighted by Crippen LogP contribution is -2.17. The van der Waals surface area contributed by atoms with E-state index in [4.69, 9.17) is 10.2 Å². The fourth-order valence-corrected chi connectivity index (χ4v) is 1.31. The molecule has 0 aliphatic rings. The predicted molar refractivity (Wildman–Crippen MR) is 65.5 cm³/mol. The van der Waals surface area contributed by atoms with E-state index >= 15 is 0 Å². The van der Waals surface area contributed by atoms with Crippen LogP contribution in [0.15, 0.2) is 12.1 Å². The van der Waals surface area contributed by atoms with Crippen molar-refractivity contribution in [1.82, 2.24) is 4.98 Å². The normalized spacial score (nSPS) is 11.3. The van der Waals surface area contributed by atoms with Gasteiger partial charge in [0.15, 0.2) is 0 Å². The van der Waals surface area contributed by atoms with Gasteiger partial charge in [-0.1, -0.05) is 20.8 Å². The lowest BCUT2D eigenvalue weighted by atomic mass is 9.91. The molecule has 5 heteroatoms. The van der Waals surface area contributed by atoms with Gasteiger partial charge in [0.2, 0.25) is 0 Å². The molecule has 94 valence electrons. The second kappa shape index (κ2) is 5.14. The van der Waals surface area contributed by atoms with Crippen LogP contribution < -0.4 is 5.32 Å². The number of carboxylic acid groups (broad SMARTS) is 1. The van der Waals surface area contributed by atoms with E-state index in [1.165, 1.54) is 6.07 Å². The maximum atomic E-state index is 11.0. The maximum absolute atomic E-state index is 11.0. The summed E-state index contributed by atoms with van der Waals surface area (Å²) in [6.45, 7) is 6.23. The largest absolute Gasteiger partial charge is 0.478 e. The minimum absolute atomic E-state index is 0.0240. The van der Waals surface area contributed by atoms with E-state index in [1.807, 2.05) is 20.8 Å². The third kappa shape index (κ3) is 3.71. The molecule has 0 radical (unpaired) electrons. The zero-order chi connectivity index (χ0) is 13.1. The summed E-state index contributed by atoms with van der Waals surface area (Å²) in [6.07, 6.45) is 0. The highest BCUT2D eigenvalue weighted by atomic mass is 16.4. The van der Waals surface area contributed by atoms with Crippen LogP contribution in [0.3, 0.4) is 0 Å². The third-order valence-corrected chi connectivity index (χ3v) is 2.26. The molecule has 1 rings (SSSR count). The fourth-order valence-electron chi connectivity index (χ4n) is 1.31. The van der Waals surface area contributed by atoms with Crippen LogP contribution in [-0.2, 0) is 5.41 Å². The minimum atomic E-state index is -0.982. The lowest BCUT2D eigenvalue weighted by Gasteiger charge is -2.19. The smallest absolute Gasteiger partial charge is 0.335 e. The SMILES string of the molecule is CC(C)(C)c1cc(C(=O)O)cc(NCCO)n1. The van der Waals surface area contributed by atoms with Gasteiger partial charge in [-0.05, 0) is 12.1 Å². The third-order valence-electron chi connectivity index (χ3n) is 2.26. The van der Waals surface area contributed by atoms with Crippen molar-refractivity contribution in [3.05, 3.63) is 23.4 Å². The molecule has 0 atom stereocenters. The Morgan fingerprint density at radius 3 is 2.53 bits per heavy atom. The van der Waals surface area contributed by atoms with E-state index in [1.54, 1.807) is 6.07 Å². The van der Waals surface area contributed by atoms with E-state index in [0.717, 1.165) is 0 Å². The number of aliphatic hydroxyl groups excluding tert-OH is 1. The molecule has 1 aromatic rings. The monoisotopic (exact) mass is 238 g/mol. The molecular formula is C12H18N2O3. The fraction of sp³-hybridized carbons (Fsp3) is 0.500. The van der Waals surface area contributed by atoms with Crippen LogP contribution in [0, 0.1) is 0 Å². The van der Waals surface area contributed by atoms with Crippen molar-refractivity contribution in [2.75, 3.05) is 18.5 Å². The predicted octanol–water partition coefficient (Wildman–Crippen LogP) is 1.48. The summed E-state index contributed by atoms with van der Waals surface area (Å²) < 4.78 is 0. The molecular weight excluding hydrogens is 220 g/mol. The van der Waals surface area contributed by atoms with Crippen molar-refractivity contribution in [3.8, 4) is 0 Å². The van der Waals surface area contributed by atoms with Crippen LogP contribution in [0.1, 0.15) is 36.8 Å². The van der Waals surface area contributed by atoms with Crippen molar-refractivity contribution in [1.29, 1.82) is 0 Å². The Kier molecular flexibility index (Phi) is 4.07. The summed E-state index contributed by atoms with van der Waals surface area (Å²) in [7, 11) is 0. The molecule has 0 bridgehead atoms. The number of anilines is 1. The molecule has 0 aromatic carbocycles. The Bertz CT molecular complexity index is 411. The van der Waals surface area contributed by atoms with Crippen molar-refractivity contribution < 1.29 is 15.0 Å². The van der Waals surface area contributed by atoms with Gasteiger partial charge in [-0.25, -0.2) is 9.78 Å².